The van der Waals surface area contributed by atoms with Crippen LogP contribution < -0.4 is 4.74 Å². The average molecular weight is 286 g/mol. The maximum Gasteiger partial charge on any atom is 0.138 e. The van der Waals surface area contributed by atoms with Gasteiger partial charge in [-0.25, -0.2) is 0 Å². The molecule has 114 valence electrons. The molecule has 0 amide bonds. The van der Waals surface area contributed by atoms with Gasteiger partial charge in [-0.3, -0.25) is 4.90 Å². The molecule has 0 N–H and O–H groups in total. The summed E-state index contributed by atoms with van der Waals surface area (Å²) >= 11 is 0. The Labute approximate surface area is 128 Å². The number of fused-ring (bicyclic) bond motifs is 1. The van der Waals surface area contributed by atoms with E-state index in [2.05, 4.69) is 50.8 Å². The van der Waals surface area contributed by atoms with E-state index in [1.54, 1.807) is 0 Å². The van der Waals surface area contributed by atoms with Crippen molar-refractivity contribution in [3.05, 3.63) is 29.3 Å². The minimum atomic E-state index is -0.555. The molecule has 1 aromatic carbocycles. The van der Waals surface area contributed by atoms with E-state index >= 15 is 0 Å². The molecule has 1 aliphatic heterocycles. The zero-order valence-corrected chi connectivity index (χ0v) is 13.6. The van der Waals surface area contributed by atoms with Crippen molar-refractivity contribution in [3.63, 3.8) is 0 Å². The molecule has 21 heavy (non-hydrogen) atoms. The molecule has 1 heterocycles. The van der Waals surface area contributed by atoms with Crippen LogP contribution in [0, 0.1) is 11.3 Å². The Bertz CT molecular complexity index is 529. The van der Waals surface area contributed by atoms with Crippen molar-refractivity contribution in [1.82, 2.24) is 4.90 Å². The highest BCUT2D eigenvalue weighted by Crippen LogP contribution is 2.41. The summed E-state index contributed by atoms with van der Waals surface area (Å²) in [5.74, 6) is 1.33. The minimum absolute atomic E-state index is 0.451. The van der Waals surface area contributed by atoms with Crippen molar-refractivity contribution in [3.8, 4) is 11.8 Å². The van der Waals surface area contributed by atoms with Gasteiger partial charge in [0.1, 0.15) is 11.3 Å². The van der Waals surface area contributed by atoms with Crippen LogP contribution in [-0.4, -0.2) is 24.6 Å². The monoisotopic (exact) mass is 286 g/mol. The van der Waals surface area contributed by atoms with Crippen LogP contribution in [0.4, 0.5) is 0 Å². The van der Waals surface area contributed by atoms with Gasteiger partial charge in [0, 0.05) is 5.56 Å². The first kappa shape index (κ1) is 15.9. The molecule has 2 rings (SSSR count). The Hall–Kier alpha value is -1.53. The van der Waals surface area contributed by atoms with E-state index in [9.17, 15) is 5.26 Å². The molecule has 0 bridgehead atoms. The van der Waals surface area contributed by atoms with Crippen molar-refractivity contribution >= 4 is 0 Å². The lowest BCUT2D eigenvalue weighted by molar-refractivity contribution is 0.141. The van der Waals surface area contributed by atoms with E-state index in [-0.39, 0.29) is 0 Å². The molecule has 0 saturated carbocycles. The van der Waals surface area contributed by atoms with Crippen molar-refractivity contribution in [2.75, 3.05) is 19.7 Å². The summed E-state index contributed by atoms with van der Waals surface area (Å²) in [6.07, 6.45) is 1.75. The molecule has 0 spiro atoms. The van der Waals surface area contributed by atoms with Gasteiger partial charge in [0.2, 0.25) is 0 Å². The van der Waals surface area contributed by atoms with Crippen LogP contribution in [0.3, 0.4) is 0 Å². The van der Waals surface area contributed by atoms with Gasteiger partial charge < -0.3 is 4.74 Å². The first-order chi connectivity index (χ1) is 10.1. The summed E-state index contributed by atoms with van der Waals surface area (Å²) in [5, 5.41) is 10.0. The van der Waals surface area contributed by atoms with E-state index in [0.717, 1.165) is 37.2 Å². The zero-order chi connectivity index (χ0) is 15.5. The van der Waals surface area contributed by atoms with Gasteiger partial charge in [0.25, 0.3) is 0 Å². The standard InChI is InChI=1S/C18H26N2O/c1-5-20(6-2)18(13-19)10-7-11-21-17-9-8-15(14(3)4)12-16(17)18/h8-9,12,14H,5-7,10-11H2,1-4H3. The third-order valence-electron chi connectivity index (χ3n) is 4.54. The second-order valence-electron chi connectivity index (χ2n) is 6.01. The zero-order valence-electron chi connectivity index (χ0n) is 13.6. The summed E-state index contributed by atoms with van der Waals surface area (Å²) in [7, 11) is 0. The highest BCUT2D eigenvalue weighted by molar-refractivity contribution is 5.47. The molecular formula is C18H26N2O. The smallest absolute Gasteiger partial charge is 0.138 e. The van der Waals surface area contributed by atoms with Crippen LogP contribution in [0.1, 0.15) is 57.6 Å². The van der Waals surface area contributed by atoms with Crippen LogP contribution in [0.15, 0.2) is 18.2 Å². The lowest BCUT2D eigenvalue weighted by Crippen LogP contribution is -2.45. The fraction of sp³-hybridized carbons (Fsp3) is 0.611. The largest absolute Gasteiger partial charge is 0.493 e. The fourth-order valence-corrected chi connectivity index (χ4v) is 3.28. The normalized spacial score (nSPS) is 21.6. The second-order valence-corrected chi connectivity index (χ2v) is 6.01. The summed E-state index contributed by atoms with van der Waals surface area (Å²) in [6.45, 7) is 11.1. The topological polar surface area (TPSA) is 36.3 Å². The Morgan fingerprint density at radius 3 is 2.62 bits per heavy atom. The first-order valence-corrected chi connectivity index (χ1v) is 8.02. The highest BCUT2D eigenvalue weighted by atomic mass is 16.5. The third-order valence-corrected chi connectivity index (χ3v) is 4.54. The van der Waals surface area contributed by atoms with Gasteiger partial charge in [0.15, 0.2) is 0 Å². The maximum absolute atomic E-state index is 10.0. The van der Waals surface area contributed by atoms with E-state index in [4.69, 9.17) is 4.74 Å². The Balaban J connectivity index is 2.63. The molecule has 1 atom stereocenters. The molecule has 3 nitrogen and oxygen atoms in total. The SMILES string of the molecule is CCN(CC)C1(C#N)CCCOc2ccc(C(C)C)cc21. The van der Waals surface area contributed by atoms with Gasteiger partial charge in [-0.15, -0.1) is 0 Å². The third kappa shape index (κ3) is 2.78. The van der Waals surface area contributed by atoms with Gasteiger partial charge in [-0.05, 0) is 49.5 Å². The predicted molar refractivity (Wildman–Crippen MR) is 85.5 cm³/mol. The van der Waals surface area contributed by atoms with Gasteiger partial charge in [0.05, 0.1) is 12.7 Å². The van der Waals surface area contributed by atoms with E-state index < -0.39 is 5.54 Å². The van der Waals surface area contributed by atoms with E-state index in [0.29, 0.717) is 12.5 Å². The average Bonchev–Trinajstić information content (AvgIpc) is 2.68. The van der Waals surface area contributed by atoms with Crippen LogP contribution in [0.2, 0.25) is 0 Å². The number of nitriles is 1. The molecule has 1 aliphatic rings. The molecule has 0 aliphatic carbocycles. The van der Waals surface area contributed by atoms with Crippen molar-refractivity contribution in [2.24, 2.45) is 0 Å². The summed E-state index contributed by atoms with van der Waals surface area (Å²) < 4.78 is 5.90. The Morgan fingerprint density at radius 1 is 1.33 bits per heavy atom. The molecule has 0 radical (unpaired) electrons. The van der Waals surface area contributed by atoms with Gasteiger partial charge >= 0.3 is 0 Å². The van der Waals surface area contributed by atoms with Crippen molar-refractivity contribution in [1.29, 1.82) is 5.26 Å². The number of hydrogen-bond acceptors (Lipinski definition) is 3. The quantitative estimate of drug-likeness (QED) is 0.838. The number of ether oxygens (including phenoxy) is 1. The lowest BCUT2D eigenvalue weighted by Gasteiger charge is -2.37. The first-order valence-electron chi connectivity index (χ1n) is 8.02. The number of rotatable bonds is 4. The number of hydrogen-bond donors (Lipinski definition) is 0. The van der Waals surface area contributed by atoms with E-state index in [1.807, 2.05) is 6.07 Å². The lowest BCUT2D eigenvalue weighted by atomic mass is 9.83. The summed E-state index contributed by atoms with van der Waals surface area (Å²) in [5.41, 5.74) is 1.77. The molecule has 0 fully saturated rings. The summed E-state index contributed by atoms with van der Waals surface area (Å²) in [4.78, 5) is 2.27. The predicted octanol–water partition coefficient (Wildman–Crippen LogP) is 4.04. The van der Waals surface area contributed by atoms with Crippen LogP contribution in [-0.2, 0) is 5.54 Å². The van der Waals surface area contributed by atoms with Crippen LogP contribution in [0.5, 0.6) is 5.75 Å². The summed E-state index contributed by atoms with van der Waals surface area (Å²) in [6, 6.07) is 8.99. The molecule has 1 aromatic rings. The maximum atomic E-state index is 10.0. The van der Waals surface area contributed by atoms with E-state index in [1.165, 1.54) is 5.56 Å². The van der Waals surface area contributed by atoms with Crippen molar-refractivity contribution < 1.29 is 4.74 Å². The van der Waals surface area contributed by atoms with Gasteiger partial charge in [-0.2, -0.15) is 5.26 Å². The Kier molecular flexibility index (Phi) is 4.90. The number of nitrogens with zero attached hydrogens (tertiary/aromatic N) is 2. The molecule has 0 aromatic heterocycles. The molecule has 1 unspecified atom stereocenters. The number of benzene rings is 1. The molecule has 0 saturated heterocycles. The minimum Gasteiger partial charge on any atom is -0.493 e. The highest BCUT2D eigenvalue weighted by Gasteiger charge is 2.41. The van der Waals surface area contributed by atoms with Crippen molar-refractivity contribution in [2.45, 2.75) is 52.0 Å². The Morgan fingerprint density at radius 2 is 2.05 bits per heavy atom. The van der Waals surface area contributed by atoms with Gasteiger partial charge in [-0.1, -0.05) is 33.8 Å². The fourth-order valence-electron chi connectivity index (χ4n) is 3.28. The van der Waals surface area contributed by atoms with Crippen LogP contribution >= 0.6 is 0 Å². The molecule has 3 heteroatoms. The van der Waals surface area contributed by atoms with Crippen LogP contribution in [0.25, 0.3) is 0 Å². The molecular weight excluding hydrogens is 260 g/mol. The second kappa shape index (κ2) is 6.49.